The quantitative estimate of drug-likeness (QED) is 0.0261. The molecule has 0 amide bonds. The Kier molecular flexibility index (Phi) is 23.2. The molecule has 4 saturated carbocycles. The number of nitrogens with zero attached hydrogens (tertiary/aromatic N) is 20. The van der Waals surface area contributed by atoms with Crippen LogP contribution < -0.4 is 40.9 Å². The van der Waals surface area contributed by atoms with Gasteiger partial charge in [-0.05, 0) is 150 Å². The summed E-state index contributed by atoms with van der Waals surface area (Å²) in [6, 6.07) is 33.7. The fourth-order valence-electron chi connectivity index (χ4n) is 15.7. The van der Waals surface area contributed by atoms with E-state index in [4.69, 9.17) is 21.6 Å². The molecule has 4 aliphatic heterocycles. The average molecular weight is 1610 g/mol. The van der Waals surface area contributed by atoms with E-state index in [-0.39, 0.29) is 35.8 Å². The summed E-state index contributed by atoms with van der Waals surface area (Å²) >= 11 is 6.07. The molecule has 0 radical (unpaired) electrons. The summed E-state index contributed by atoms with van der Waals surface area (Å²) in [5.41, 5.74) is 8.08. The van der Waals surface area contributed by atoms with E-state index in [9.17, 15) is 17.6 Å². The molecule has 0 bridgehead atoms. The van der Waals surface area contributed by atoms with Gasteiger partial charge in [-0.1, -0.05) is 87.8 Å². The number of aromatic amines is 4. The number of H-pyrrole nitrogens is 4. The lowest BCUT2D eigenvalue weighted by atomic mass is 10.0. The van der Waals surface area contributed by atoms with Crippen molar-refractivity contribution in [2.45, 2.75) is 204 Å². The van der Waals surface area contributed by atoms with Gasteiger partial charge in [-0.25, -0.2) is 17.6 Å². The van der Waals surface area contributed by atoms with Gasteiger partial charge in [0.2, 0.25) is 47.6 Å². The highest BCUT2D eigenvalue weighted by Gasteiger charge is 2.36. The Morgan fingerprint density at radius 2 is 0.641 bits per heavy atom. The van der Waals surface area contributed by atoms with Crippen LogP contribution in [0.3, 0.4) is 0 Å². The minimum Gasteiger partial charge on any atom is -0.334 e. The van der Waals surface area contributed by atoms with Crippen LogP contribution in [0.5, 0.6) is 0 Å². The maximum absolute atomic E-state index is 14.4. The Labute approximate surface area is 680 Å². The molecule has 8 aromatic heterocycles. The van der Waals surface area contributed by atoms with E-state index < -0.39 is 11.6 Å². The molecule has 8 N–H and O–H groups in total. The number of aryl methyl sites for hydroxylation is 4. The van der Waals surface area contributed by atoms with Crippen molar-refractivity contribution in [2.75, 3.05) is 67.0 Å². The van der Waals surface area contributed by atoms with Crippen LogP contribution in [0, 0.1) is 23.3 Å². The Balaban J connectivity index is 0.000000112. The van der Waals surface area contributed by atoms with Gasteiger partial charge >= 0.3 is 0 Å². The highest BCUT2D eigenvalue weighted by molar-refractivity contribution is 6.30. The minimum atomic E-state index is -0.578. The molecule has 4 unspecified atom stereocenters. The number of hydrogen-bond donors (Lipinski definition) is 8. The number of benzene rings is 4. The van der Waals surface area contributed by atoms with E-state index in [1.807, 2.05) is 80.3 Å². The molecule has 606 valence electrons. The minimum absolute atomic E-state index is 0.0667. The molecule has 12 aromatic rings. The fraction of sp³-hybridized carbons (Fsp3) is 0.429. The second-order valence-electron chi connectivity index (χ2n) is 31.0. The average Bonchev–Trinajstić information content (AvgIpc) is 1.75. The number of anilines is 12. The van der Waals surface area contributed by atoms with E-state index in [1.165, 1.54) is 93.0 Å². The van der Waals surface area contributed by atoms with Gasteiger partial charge in [0.1, 0.15) is 46.6 Å². The summed E-state index contributed by atoms with van der Waals surface area (Å²) in [6.45, 7) is 11.4. The summed E-state index contributed by atoms with van der Waals surface area (Å²) in [5, 5.41) is 43.3. The van der Waals surface area contributed by atoms with Crippen molar-refractivity contribution >= 4 is 82.5 Å². The zero-order chi connectivity index (χ0) is 80.0. The predicted molar refractivity (Wildman–Crippen MR) is 440 cm³/mol. The molecule has 8 aliphatic rings. The molecule has 4 atom stereocenters. The first-order chi connectivity index (χ1) is 57.2. The van der Waals surface area contributed by atoms with E-state index >= 15 is 0 Å². The first-order valence-electron chi connectivity index (χ1n) is 41.3. The third kappa shape index (κ3) is 18.9. The van der Waals surface area contributed by atoms with Crippen molar-refractivity contribution in [1.82, 2.24) is 101 Å². The summed E-state index contributed by atoms with van der Waals surface area (Å²) < 4.78 is 55.6. The zero-order valence-corrected chi connectivity index (χ0v) is 66.6. The molecule has 117 heavy (non-hydrogen) atoms. The molecule has 33 heteroatoms. The smallest absolute Gasteiger partial charge is 0.233 e. The first-order valence-corrected chi connectivity index (χ1v) is 41.6. The van der Waals surface area contributed by atoms with Crippen molar-refractivity contribution in [3.63, 3.8) is 0 Å². The molecule has 20 rings (SSSR count). The van der Waals surface area contributed by atoms with Gasteiger partial charge in [-0.2, -0.15) is 80.2 Å². The summed E-state index contributed by atoms with van der Waals surface area (Å²) in [4.78, 5) is 63.9. The van der Waals surface area contributed by atoms with E-state index in [2.05, 4.69) is 152 Å². The lowest BCUT2D eigenvalue weighted by Crippen LogP contribution is -2.26. The largest absolute Gasteiger partial charge is 0.334 e. The summed E-state index contributed by atoms with van der Waals surface area (Å²) in [7, 11) is 0. The second-order valence-corrected chi connectivity index (χ2v) is 31.5. The van der Waals surface area contributed by atoms with E-state index in [0.717, 1.165) is 140 Å². The molecule has 12 heterocycles. The number of halogens is 5. The van der Waals surface area contributed by atoms with Gasteiger partial charge in [-0.15, -0.1) is 0 Å². The molecule has 4 aromatic carbocycles. The molecule has 28 nitrogen and oxygen atoms in total. The first kappa shape index (κ1) is 77.7. The number of rotatable bonds is 24. The standard InChI is InChI=1S/C21H24ClN7.C21H23F2N7.2C21H24FN7/c1-2-18-23-20(24-19-12-16(27-28-19)13-5-6-13)26-21(25-18)29-11-3-4-17(29)14-7-9-15(22)10-8-14;1-2-18-24-20(25-19-11-16(28-29-19)12-5-6-12)27-21(26-18)30-9-3-4-17(30)14-8-7-13(22)10-15(14)23;1-2-18-23-20(24-19-12-16(27-28-19)13-5-6-13)26-21(25-18)29-11-3-4-17(29)14-7-9-15(22)10-8-14;1-2-18-23-20(24-19-12-16(27-28-19)13-9-10-13)26-21(25-18)29-11-5-8-17(29)14-6-3-4-7-15(14)22/h7-10,12-13,17H,2-6,11H2,1H3,(H2,23,24,25,26,27,28);7-8,10-12,17H,2-6,9H2,1H3,(H2,24,25,26,27,28,29);7-10,12-13,17H,2-6,11H2,1H3,(H2,23,24,25,26,27,28);3-4,6-7,12-13,17H,2,5,8-11H2,1H3,(H2,23,24,25,26,27,28). The SMILES string of the molecule is CCc1nc(Nc2cc(C3CC3)[nH]n2)nc(N2CCCC2c2ccc(Cl)cc2)n1.CCc1nc(Nc2cc(C3CC3)[nH]n2)nc(N2CCCC2c2ccc(F)cc2)n1.CCc1nc(Nc2cc(C3CC3)[nH]n2)nc(N2CCCC2c2ccc(F)cc2F)n1.CCc1nc(Nc2cc(C3CC3)[nH]n2)nc(N2CCCC2c2ccccc2F)n1. The molecule has 8 fully saturated rings. The lowest BCUT2D eigenvalue weighted by molar-refractivity contribution is 0.552. The Hall–Kier alpha value is -11.8. The van der Waals surface area contributed by atoms with Crippen LogP contribution in [-0.2, 0) is 25.7 Å². The van der Waals surface area contributed by atoms with Crippen molar-refractivity contribution < 1.29 is 17.6 Å². The highest BCUT2D eigenvalue weighted by Crippen LogP contribution is 2.45. The number of nitrogens with one attached hydrogen (secondary N) is 8. The van der Waals surface area contributed by atoms with Crippen molar-refractivity contribution in [3.8, 4) is 0 Å². The van der Waals surface area contributed by atoms with Crippen LogP contribution in [0.2, 0.25) is 5.02 Å². The van der Waals surface area contributed by atoms with Crippen LogP contribution in [0.15, 0.2) is 115 Å². The Morgan fingerprint density at radius 3 is 0.966 bits per heavy atom. The van der Waals surface area contributed by atoms with E-state index in [0.29, 0.717) is 126 Å². The number of aromatic nitrogens is 20. The second kappa shape index (κ2) is 34.9. The maximum Gasteiger partial charge on any atom is 0.233 e. The maximum atomic E-state index is 14.4. The van der Waals surface area contributed by atoms with Crippen LogP contribution in [0.25, 0.3) is 0 Å². The number of hydrogen-bond acceptors (Lipinski definition) is 24. The third-order valence-corrected chi connectivity index (χ3v) is 22.7. The van der Waals surface area contributed by atoms with Crippen LogP contribution >= 0.6 is 11.6 Å². The molecule has 4 saturated heterocycles. The van der Waals surface area contributed by atoms with Crippen molar-refractivity contribution in [1.29, 1.82) is 0 Å². The molecular formula is C84H95ClF4N28. The van der Waals surface area contributed by atoms with Gasteiger partial charge in [-0.3, -0.25) is 20.4 Å². The van der Waals surface area contributed by atoms with Gasteiger partial charge in [0.25, 0.3) is 0 Å². The fourth-order valence-corrected chi connectivity index (χ4v) is 15.9. The van der Waals surface area contributed by atoms with Gasteiger partial charge < -0.3 is 40.9 Å². The predicted octanol–water partition coefficient (Wildman–Crippen LogP) is 17.7. The molecule has 4 aliphatic carbocycles. The normalized spacial score (nSPS) is 18.9. The monoisotopic (exact) mass is 1610 g/mol. The molecule has 0 spiro atoms. The van der Waals surface area contributed by atoms with Crippen LogP contribution in [0.4, 0.5) is 88.4 Å². The van der Waals surface area contributed by atoms with Crippen molar-refractivity contribution in [3.05, 3.63) is 212 Å². The van der Waals surface area contributed by atoms with E-state index in [1.54, 1.807) is 6.07 Å². The van der Waals surface area contributed by atoms with Crippen LogP contribution in [0.1, 0.15) is 247 Å². The third-order valence-electron chi connectivity index (χ3n) is 22.5. The van der Waals surface area contributed by atoms with Gasteiger partial charge in [0.15, 0.2) is 23.3 Å². The summed E-state index contributed by atoms with van der Waals surface area (Å²) in [5.74, 6) is 11.0. The Morgan fingerprint density at radius 1 is 0.333 bits per heavy atom. The lowest BCUT2D eigenvalue weighted by Gasteiger charge is -2.26. The topological polar surface area (TPSA) is 330 Å². The van der Waals surface area contributed by atoms with Gasteiger partial charge in [0, 0.05) is 145 Å². The summed E-state index contributed by atoms with van der Waals surface area (Å²) in [6.07, 6.45) is 20.2. The zero-order valence-electron chi connectivity index (χ0n) is 65.9. The van der Waals surface area contributed by atoms with Crippen molar-refractivity contribution in [2.24, 2.45) is 0 Å². The van der Waals surface area contributed by atoms with Crippen LogP contribution in [-0.4, -0.2) is 127 Å². The molecular weight excluding hydrogens is 1510 g/mol. The Bertz CT molecular complexity index is 5230. The highest BCUT2D eigenvalue weighted by atomic mass is 35.5. The van der Waals surface area contributed by atoms with Gasteiger partial charge in [0.05, 0.1) is 24.2 Å².